The maximum Gasteiger partial charge on any atom is 0.0701 e. The lowest BCUT2D eigenvalue weighted by Gasteiger charge is -2.33. The molecule has 0 atom stereocenters. The van der Waals surface area contributed by atoms with Crippen LogP contribution in [0.15, 0.2) is 36.4 Å². The van der Waals surface area contributed by atoms with Crippen molar-refractivity contribution in [2.45, 2.75) is 38.5 Å². The molecule has 2 aromatic carbocycles. The number of ether oxygens (including phenoxy) is 3. The highest BCUT2D eigenvalue weighted by molar-refractivity contribution is 5.81. The first-order valence-corrected chi connectivity index (χ1v) is 12.2. The normalized spacial score (nSPS) is 14.0. The van der Waals surface area contributed by atoms with Gasteiger partial charge in [-0.15, -0.1) is 0 Å². The Labute approximate surface area is 199 Å². The van der Waals surface area contributed by atoms with Gasteiger partial charge in [0, 0.05) is 5.41 Å². The van der Waals surface area contributed by atoms with E-state index in [4.69, 9.17) is 19.3 Å². The molecule has 0 saturated carbocycles. The van der Waals surface area contributed by atoms with Crippen molar-refractivity contribution in [1.82, 2.24) is 4.90 Å². The van der Waals surface area contributed by atoms with Crippen molar-refractivity contribution >= 4 is 0 Å². The molecule has 0 spiro atoms. The highest BCUT2D eigenvalue weighted by Crippen LogP contribution is 2.52. The molecular weight excluding hydrogens is 414 g/mol. The van der Waals surface area contributed by atoms with Crippen LogP contribution in [0.3, 0.4) is 0 Å². The lowest BCUT2D eigenvalue weighted by Crippen LogP contribution is -2.32. The van der Waals surface area contributed by atoms with Gasteiger partial charge in [0.25, 0.3) is 0 Å². The zero-order chi connectivity index (χ0) is 23.7. The number of hydrogen-bond acceptors (Lipinski definition) is 5. The Hall–Kier alpha value is -1.76. The Balaban J connectivity index is 1.75. The van der Waals surface area contributed by atoms with Gasteiger partial charge in [0.1, 0.15) is 0 Å². The molecule has 1 aliphatic carbocycles. The number of fused-ring (bicyclic) bond motifs is 3. The van der Waals surface area contributed by atoms with Gasteiger partial charge in [-0.25, -0.2) is 0 Å². The summed E-state index contributed by atoms with van der Waals surface area (Å²) in [7, 11) is 4.28. The van der Waals surface area contributed by atoms with Gasteiger partial charge in [-0.3, -0.25) is 0 Å². The summed E-state index contributed by atoms with van der Waals surface area (Å²) in [4.78, 5) is 2.26. The third kappa shape index (κ3) is 6.65. The summed E-state index contributed by atoms with van der Waals surface area (Å²) >= 11 is 0. The molecule has 182 valence electrons. The molecule has 0 bridgehead atoms. The molecule has 0 aliphatic heterocycles. The van der Waals surface area contributed by atoms with E-state index in [2.05, 4.69) is 69.2 Å². The van der Waals surface area contributed by atoms with Crippen LogP contribution < -0.4 is 0 Å². The summed E-state index contributed by atoms with van der Waals surface area (Å²) in [6.45, 7) is 8.63. The van der Waals surface area contributed by atoms with E-state index in [0.29, 0.717) is 39.6 Å². The molecule has 3 rings (SSSR count). The lowest BCUT2D eigenvalue weighted by atomic mass is 9.74. The zero-order valence-corrected chi connectivity index (χ0v) is 20.9. The molecule has 0 amide bonds. The monoisotopic (exact) mass is 455 g/mol. The summed E-state index contributed by atoms with van der Waals surface area (Å²) in [5, 5.41) is 8.76. The second-order valence-corrected chi connectivity index (χ2v) is 9.44. The molecular formula is C28H41NO4. The van der Waals surface area contributed by atoms with Crippen LogP contribution in [0.5, 0.6) is 0 Å². The number of hydrogen-bond donors (Lipinski definition) is 1. The van der Waals surface area contributed by atoms with E-state index >= 15 is 0 Å². The molecule has 0 unspecified atom stereocenters. The zero-order valence-electron chi connectivity index (χ0n) is 20.9. The first kappa shape index (κ1) is 25.9. The average molecular weight is 456 g/mol. The van der Waals surface area contributed by atoms with Crippen molar-refractivity contribution in [2.24, 2.45) is 0 Å². The fourth-order valence-electron chi connectivity index (χ4n) is 4.83. The van der Waals surface area contributed by atoms with Gasteiger partial charge in [0.15, 0.2) is 0 Å². The van der Waals surface area contributed by atoms with Crippen LogP contribution in [0.1, 0.15) is 41.5 Å². The predicted molar refractivity (Wildman–Crippen MR) is 134 cm³/mol. The third-order valence-corrected chi connectivity index (χ3v) is 6.46. The van der Waals surface area contributed by atoms with E-state index in [-0.39, 0.29) is 12.0 Å². The quantitative estimate of drug-likeness (QED) is 0.405. The Morgan fingerprint density at radius 1 is 0.758 bits per heavy atom. The van der Waals surface area contributed by atoms with E-state index in [9.17, 15) is 0 Å². The molecule has 0 saturated heterocycles. The molecule has 0 heterocycles. The standard InChI is InChI=1S/C28H41NO4/c1-22-7-9-24-25-10-8-23(2)20-27(25)28(26(24)19-22,11-5-6-12-29(3)4)21-33-18-17-32-16-15-31-14-13-30/h7-10,19-20,30H,5-6,11-18,21H2,1-4H3. The van der Waals surface area contributed by atoms with Crippen LogP contribution in [0.25, 0.3) is 11.1 Å². The average Bonchev–Trinajstić information content (AvgIpc) is 3.04. The molecule has 33 heavy (non-hydrogen) atoms. The molecule has 5 nitrogen and oxygen atoms in total. The number of aliphatic hydroxyl groups is 1. The highest BCUT2D eigenvalue weighted by Gasteiger charge is 2.43. The Bertz CT molecular complexity index is 829. The number of nitrogens with zero attached hydrogens (tertiary/aromatic N) is 1. The Kier molecular flexibility index (Phi) is 9.90. The summed E-state index contributed by atoms with van der Waals surface area (Å²) in [5.74, 6) is 0. The van der Waals surface area contributed by atoms with Crippen LogP contribution in [0, 0.1) is 13.8 Å². The first-order chi connectivity index (χ1) is 16.0. The van der Waals surface area contributed by atoms with Crippen LogP contribution in [-0.2, 0) is 19.6 Å². The first-order valence-electron chi connectivity index (χ1n) is 12.2. The summed E-state index contributed by atoms with van der Waals surface area (Å²) in [6.07, 6.45) is 3.40. The molecule has 1 N–H and O–H groups in total. The molecule has 0 radical (unpaired) electrons. The van der Waals surface area contributed by atoms with E-state index in [1.165, 1.54) is 39.8 Å². The van der Waals surface area contributed by atoms with Crippen molar-refractivity contribution in [2.75, 3.05) is 66.9 Å². The van der Waals surface area contributed by atoms with Crippen LogP contribution >= 0.6 is 0 Å². The van der Waals surface area contributed by atoms with Crippen LogP contribution in [0.4, 0.5) is 0 Å². The van der Waals surface area contributed by atoms with E-state index in [0.717, 1.165) is 19.4 Å². The second kappa shape index (κ2) is 12.6. The number of rotatable bonds is 15. The van der Waals surface area contributed by atoms with Gasteiger partial charge in [0.05, 0.1) is 46.2 Å². The fourth-order valence-corrected chi connectivity index (χ4v) is 4.83. The predicted octanol–water partition coefficient (Wildman–Crippen LogP) is 4.34. The maximum absolute atomic E-state index is 8.76. The maximum atomic E-state index is 8.76. The summed E-state index contributed by atoms with van der Waals surface area (Å²) in [6, 6.07) is 13.8. The largest absolute Gasteiger partial charge is 0.394 e. The number of unbranched alkanes of at least 4 members (excludes halogenated alkanes) is 1. The second-order valence-electron chi connectivity index (χ2n) is 9.44. The van der Waals surface area contributed by atoms with Gasteiger partial charge in [-0.2, -0.15) is 0 Å². The minimum Gasteiger partial charge on any atom is -0.394 e. The van der Waals surface area contributed by atoms with E-state index in [1.807, 2.05) is 0 Å². The fraction of sp³-hybridized carbons (Fsp3) is 0.571. The van der Waals surface area contributed by atoms with Crippen molar-refractivity contribution in [1.29, 1.82) is 0 Å². The number of aliphatic hydroxyl groups excluding tert-OH is 1. The van der Waals surface area contributed by atoms with Gasteiger partial charge in [-0.1, -0.05) is 53.9 Å². The van der Waals surface area contributed by atoms with Crippen molar-refractivity contribution in [3.05, 3.63) is 58.7 Å². The number of benzene rings is 2. The molecule has 5 heteroatoms. The summed E-state index contributed by atoms with van der Waals surface area (Å²) in [5.41, 5.74) is 7.98. The Morgan fingerprint density at radius 3 is 1.85 bits per heavy atom. The van der Waals surface area contributed by atoms with Crippen LogP contribution in [0.2, 0.25) is 0 Å². The smallest absolute Gasteiger partial charge is 0.0701 e. The van der Waals surface area contributed by atoms with Crippen molar-refractivity contribution < 1.29 is 19.3 Å². The molecule has 0 fully saturated rings. The highest BCUT2D eigenvalue weighted by atomic mass is 16.5. The van der Waals surface area contributed by atoms with E-state index in [1.54, 1.807) is 0 Å². The van der Waals surface area contributed by atoms with Gasteiger partial charge >= 0.3 is 0 Å². The van der Waals surface area contributed by atoms with Crippen LogP contribution in [-0.4, -0.2) is 76.9 Å². The van der Waals surface area contributed by atoms with Gasteiger partial charge < -0.3 is 24.2 Å². The topological polar surface area (TPSA) is 51.2 Å². The molecule has 0 aromatic heterocycles. The molecule has 2 aromatic rings. The van der Waals surface area contributed by atoms with Gasteiger partial charge in [0.2, 0.25) is 0 Å². The summed E-state index contributed by atoms with van der Waals surface area (Å²) < 4.78 is 17.2. The third-order valence-electron chi connectivity index (χ3n) is 6.46. The number of aryl methyl sites for hydroxylation is 2. The van der Waals surface area contributed by atoms with Gasteiger partial charge in [-0.05, 0) is 69.6 Å². The minimum absolute atomic E-state index is 0.0433. The van der Waals surface area contributed by atoms with E-state index < -0.39 is 0 Å². The SMILES string of the molecule is Cc1ccc2c(c1)C(CCCCN(C)C)(COCCOCCOCCO)c1cc(C)ccc1-2. The molecule has 1 aliphatic rings. The lowest BCUT2D eigenvalue weighted by molar-refractivity contribution is 0.000618. The van der Waals surface area contributed by atoms with Crippen molar-refractivity contribution in [3.63, 3.8) is 0 Å². The minimum atomic E-state index is -0.126. The van der Waals surface area contributed by atoms with Crippen molar-refractivity contribution in [3.8, 4) is 11.1 Å². The Morgan fingerprint density at radius 2 is 1.30 bits per heavy atom.